The van der Waals surface area contributed by atoms with Crippen LogP contribution in [-0.2, 0) is 0 Å². The highest BCUT2D eigenvalue weighted by Crippen LogP contribution is 2.34. The van der Waals surface area contributed by atoms with E-state index in [0.29, 0.717) is 11.1 Å². The Bertz CT molecular complexity index is 1600. The van der Waals surface area contributed by atoms with E-state index in [2.05, 4.69) is 9.98 Å². The van der Waals surface area contributed by atoms with Crippen LogP contribution in [0.5, 0.6) is 0 Å². The minimum atomic E-state index is -0.506. The lowest BCUT2D eigenvalue weighted by atomic mass is 9.99. The zero-order valence-corrected chi connectivity index (χ0v) is 15.9. The van der Waals surface area contributed by atoms with Crippen LogP contribution >= 0.6 is 0 Å². The smallest absolute Gasteiger partial charge is 0.361 e. The van der Waals surface area contributed by atoms with Gasteiger partial charge in [-0.25, -0.2) is 9.79 Å². The summed E-state index contributed by atoms with van der Waals surface area (Å²) in [7, 11) is 0. The summed E-state index contributed by atoms with van der Waals surface area (Å²) < 4.78 is 5.48. The minimum Gasteiger partial charge on any atom is -0.404 e. The van der Waals surface area contributed by atoms with Crippen molar-refractivity contribution in [1.29, 1.82) is 0 Å². The summed E-state index contributed by atoms with van der Waals surface area (Å²) in [5.74, 6) is 0. The van der Waals surface area contributed by atoms with Crippen LogP contribution in [0.3, 0.4) is 0 Å². The molecule has 0 saturated carbocycles. The molecule has 0 bridgehead atoms. The summed E-state index contributed by atoms with van der Waals surface area (Å²) in [6.07, 6.45) is 1.60. The Balaban J connectivity index is 1.70. The fraction of sp³-hybridized carbons (Fsp3) is 0.0435. The molecule has 0 unspecified atom stereocenters. The number of hydrogen-bond acceptors (Lipinski definition) is 5. The number of oxazole rings is 1. The van der Waals surface area contributed by atoms with Crippen LogP contribution in [0, 0.1) is 27.8 Å². The van der Waals surface area contributed by atoms with E-state index in [1.54, 1.807) is 18.2 Å². The fourth-order valence-electron chi connectivity index (χ4n) is 3.71. The number of aromatic nitrogens is 1. The van der Waals surface area contributed by atoms with Crippen LogP contribution < -0.4 is 16.3 Å². The van der Waals surface area contributed by atoms with Crippen molar-refractivity contribution in [2.24, 2.45) is 4.99 Å². The van der Waals surface area contributed by atoms with Gasteiger partial charge in [0.2, 0.25) is 5.55 Å². The first kappa shape index (κ1) is 17.8. The van der Waals surface area contributed by atoms with Crippen LogP contribution in [0.25, 0.3) is 17.2 Å². The molecule has 30 heavy (non-hydrogen) atoms. The second-order valence-corrected chi connectivity index (χ2v) is 7.01. The van der Waals surface area contributed by atoms with Gasteiger partial charge >= 0.3 is 5.63 Å². The highest BCUT2D eigenvalue weighted by Gasteiger charge is 2.16. The molecule has 2 heterocycles. The molecule has 0 fully saturated rings. The van der Waals surface area contributed by atoms with E-state index in [9.17, 15) is 14.9 Å². The average Bonchev–Trinajstić information content (AvgIpc) is 3.29. The summed E-state index contributed by atoms with van der Waals surface area (Å²) in [5, 5.41) is 12.7. The highest BCUT2D eigenvalue weighted by molar-refractivity contribution is 5.81. The van der Waals surface area contributed by atoms with Gasteiger partial charge in [-0.1, -0.05) is 18.2 Å². The summed E-state index contributed by atoms with van der Waals surface area (Å²) in [6.45, 7) is 1.98. The number of nitrogens with one attached hydrogen (secondary N) is 1. The van der Waals surface area contributed by atoms with Gasteiger partial charge in [0, 0.05) is 28.5 Å². The molecule has 1 aromatic heterocycles. The number of benzene rings is 3. The van der Waals surface area contributed by atoms with E-state index in [1.165, 1.54) is 12.1 Å². The molecule has 4 aromatic rings. The number of para-hydroxylation sites is 1. The lowest BCUT2D eigenvalue weighted by Crippen LogP contribution is -2.20. The maximum atomic E-state index is 12.4. The number of aromatic amines is 1. The Morgan fingerprint density at radius 1 is 1.07 bits per heavy atom. The summed E-state index contributed by atoms with van der Waals surface area (Å²) in [4.78, 5) is 30.4. The van der Waals surface area contributed by atoms with Crippen molar-refractivity contribution >= 4 is 17.5 Å². The van der Waals surface area contributed by atoms with Gasteiger partial charge < -0.3 is 9.40 Å². The second kappa shape index (κ2) is 6.66. The molecule has 0 atom stereocenters. The summed E-state index contributed by atoms with van der Waals surface area (Å²) in [6, 6.07) is 17.7. The third kappa shape index (κ3) is 2.84. The quantitative estimate of drug-likeness (QED) is 0.365. The Hall–Kier alpha value is -4.26. The monoisotopic (exact) mass is 397 g/mol. The molecule has 0 amide bonds. The standard InChI is InChI=1S/C23H15N3O4/c1-13-16(10-11-19-21(13)17-4-2-3-5-18(17)24-19)22-25-20(23(27)30-22)12-14-6-8-15(9-7-14)26(28)29/h2-12,25H,1H3/b20-12-,22-16-. The van der Waals surface area contributed by atoms with E-state index in [0.717, 1.165) is 33.0 Å². The van der Waals surface area contributed by atoms with Gasteiger partial charge in [0.25, 0.3) is 5.69 Å². The Morgan fingerprint density at radius 2 is 1.83 bits per heavy atom. The highest BCUT2D eigenvalue weighted by atomic mass is 16.6. The van der Waals surface area contributed by atoms with Gasteiger partial charge in [0.15, 0.2) is 0 Å². The lowest BCUT2D eigenvalue weighted by Gasteiger charge is -2.03. The zero-order chi connectivity index (χ0) is 20.8. The molecule has 1 aliphatic heterocycles. The maximum absolute atomic E-state index is 12.4. The molecule has 7 heteroatoms. The van der Waals surface area contributed by atoms with E-state index in [4.69, 9.17) is 4.42 Å². The number of nitro benzene ring substituents is 1. The normalized spacial score (nSPS) is 13.6. The Labute approximate surface area is 169 Å². The van der Waals surface area contributed by atoms with Crippen LogP contribution in [0.1, 0.15) is 11.1 Å². The van der Waals surface area contributed by atoms with Crippen LogP contribution in [0.4, 0.5) is 11.4 Å². The molecular formula is C23H15N3O4. The van der Waals surface area contributed by atoms with Crippen molar-refractivity contribution in [3.63, 3.8) is 0 Å². The minimum absolute atomic E-state index is 0.00850. The van der Waals surface area contributed by atoms with Crippen molar-refractivity contribution in [3.8, 4) is 11.1 Å². The molecule has 146 valence electrons. The van der Waals surface area contributed by atoms with Crippen molar-refractivity contribution in [2.45, 2.75) is 6.92 Å². The topological polar surface area (TPSA) is 102 Å². The number of nitro groups is 1. The van der Waals surface area contributed by atoms with Crippen molar-refractivity contribution in [3.05, 3.63) is 114 Å². The van der Waals surface area contributed by atoms with Crippen LogP contribution in [0.15, 0.2) is 74.9 Å². The van der Waals surface area contributed by atoms with Gasteiger partial charge in [-0.2, -0.15) is 0 Å². The van der Waals surface area contributed by atoms with Crippen molar-refractivity contribution < 1.29 is 9.34 Å². The van der Waals surface area contributed by atoms with Gasteiger partial charge in [-0.15, -0.1) is 0 Å². The number of H-pyrrole nitrogens is 1. The summed E-state index contributed by atoms with van der Waals surface area (Å²) >= 11 is 0. The number of nitrogens with zero attached hydrogens (tertiary/aromatic N) is 2. The SMILES string of the molecule is Cc1c2c(cc/c1=c1\[nH]/c(=C\c3ccc([N+](=O)[O-])cc3)c(=O)o1)=Nc1ccccc1-2. The lowest BCUT2D eigenvalue weighted by molar-refractivity contribution is -0.384. The molecular weight excluding hydrogens is 382 g/mol. The molecule has 7 nitrogen and oxygen atoms in total. The number of non-ortho nitro benzene ring substituents is 1. The molecule has 1 aliphatic rings. The number of hydrogen-bond donors (Lipinski definition) is 1. The maximum Gasteiger partial charge on any atom is 0.361 e. The number of rotatable bonds is 2. The molecule has 1 N–H and O–H groups in total. The Morgan fingerprint density at radius 3 is 2.60 bits per heavy atom. The fourth-order valence-corrected chi connectivity index (χ4v) is 3.71. The summed E-state index contributed by atoms with van der Waals surface area (Å²) in [5.41, 5.74) is 4.47. The second-order valence-electron chi connectivity index (χ2n) is 7.01. The molecule has 3 aromatic carbocycles. The third-order valence-corrected chi connectivity index (χ3v) is 5.18. The first-order valence-corrected chi connectivity index (χ1v) is 9.29. The van der Waals surface area contributed by atoms with Crippen molar-refractivity contribution in [1.82, 2.24) is 4.98 Å². The Kier molecular flexibility index (Phi) is 3.96. The number of fused-ring (bicyclic) bond motifs is 3. The molecule has 5 rings (SSSR count). The van der Waals surface area contributed by atoms with E-state index in [-0.39, 0.29) is 11.0 Å². The van der Waals surface area contributed by atoms with Gasteiger partial charge in [-0.05, 0) is 54.5 Å². The molecule has 0 spiro atoms. The predicted molar refractivity (Wildman–Crippen MR) is 111 cm³/mol. The van der Waals surface area contributed by atoms with Gasteiger partial charge in [0.1, 0.15) is 5.35 Å². The molecule has 0 saturated heterocycles. The average molecular weight is 397 g/mol. The van der Waals surface area contributed by atoms with E-state index in [1.807, 2.05) is 43.3 Å². The van der Waals surface area contributed by atoms with Crippen molar-refractivity contribution in [2.75, 3.05) is 0 Å². The third-order valence-electron chi connectivity index (χ3n) is 5.18. The molecule has 0 radical (unpaired) electrons. The van der Waals surface area contributed by atoms with E-state index < -0.39 is 10.5 Å². The van der Waals surface area contributed by atoms with Crippen LogP contribution in [-0.4, -0.2) is 9.91 Å². The molecule has 0 aliphatic carbocycles. The van der Waals surface area contributed by atoms with Crippen LogP contribution in [0.2, 0.25) is 0 Å². The van der Waals surface area contributed by atoms with E-state index >= 15 is 0 Å². The predicted octanol–water partition coefficient (Wildman–Crippen LogP) is 3.23. The largest absolute Gasteiger partial charge is 0.404 e. The first-order chi connectivity index (χ1) is 14.5. The zero-order valence-electron chi connectivity index (χ0n) is 15.9. The van der Waals surface area contributed by atoms with Gasteiger partial charge in [-0.3, -0.25) is 10.1 Å². The first-order valence-electron chi connectivity index (χ1n) is 9.29. The van der Waals surface area contributed by atoms with Gasteiger partial charge in [0.05, 0.1) is 16.0 Å².